The zero-order valence-electron chi connectivity index (χ0n) is 10.7. The summed E-state index contributed by atoms with van der Waals surface area (Å²) in [5, 5.41) is 9.16. The van der Waals surface area contributed by atoms with Gasteiger partial charge in [-0.15, -0.1) is 9.56 Å². The van der Waals surface area contributed by atoms with Gasteiger partial charge in [-0.2, -0.15) is 4.98 Å². The highest BCUT2D eigenvalue weighted by Gasteiger charge is 2.20. The van der Waals surface area contributed by atoms with Gasteiger partial charge in [0.15, 0.2) is 5.82 Å². The maximum atomic E-state index is 11.2. The van der Waals surface area contributed by atoms with Crippen LogP contribution in [0.3, 0.4) is 0 Å². The predicted octanol–water partition coefficient (Wildman–Crippen LogP) is 0.253. The average Bonchev–Trinajstić information content (AvgIpc) is 2.69. The highest BCUT2D eigenvalue weighted by molar-refractivity contribution is 5.85. The number of amides is 1. The van der Waals surface area contributed by atoms with Crippen molar-refractivity contribution in [1.29, 1.82) is 0 Å². The Labute approximate surface area is 107 Å². The van der Waals surface area contributed by atoms with Crippen LogP contribution in [-0.4, -0.2) is 46.4 Å². The number of rotatable bonds is 3. The summed E-state index contributed by atoms with van der Waals surface area (Å²) in [5.74, 6) is -0.154. The van der Waals surface area contributed by atoms with Crippen LogP contribution in [0.25, 0.3) is 5.78 Å². The first kappa shape index (κ1) is 12.9. The van der Waals surface area contributed by atoms with Crippen LogP contribution < -0.4 is 15.6 Å². The van der Waals surface area contributed by atoms with Gasteiger partial charge in [0.1, 0.15) is 5.82 Å². The number of nitrogens with zero attached hydrogens (tertiary/aromatic N) is 5. The van der Waals surface area contributed by atoms with Crippen LogP contribution in [0.15, 0.2) is 15.4 Å². The van der Waals surface area contributed by atoms with Crippen molar-refractivity contribution in [2.75, 3.05) is 30.4 Å². The fourth-order valence-corrected chi connectivity index (χ4v) is 1.61. The lowest BCUT2D eigenvalue weighted by atomic mass is 10.4. The third-order valence-corrected chi connectivity index (χ3v) is 2.51. The molecule has 102 valence electrons. The number of carboxylic acid groups (broad SMARTS) is 1. The zero-order valence-corrected chi connectivity index (χ0v) is 10.7. The Morgan fingerprint density at radius 3 is 2.68 bits per heavy atom. The SMILES string of the molecule is CCN(C(=O)O)c1cc(N(C)C)nc2nc(=O)on12. The maximum Gasteiger partial charge on any atom is 0.461 e. The van der Waals surface area contributed by atoms with Crippen molar-refractivity contribution in [1.82, 2.24) is 14.5 Å². The van der Waals surface area contributed by atoms with Crippen molar-refractivity contribution in [2.45, 2.75) is 6.92 Å². The first-order valence-electron chi connectivity index (χ1n) is 5.53. The van der Waals surface area contributed by atoms with Gasteiger partial charge in [0.05, 0.1) is 0 Å². The van der Waals surface area contributed by atoms with Crippen molar-refractivity contribution in [2.24, 2.45) is 0 Å². The summed E-state index contributed by atoms with van der Waals surface area (Å²) in [6.45, 7) is 1.87. The van der Waals surface area contributed by atoms with Crippen LogP contribution >= 0.6 is 0 Å². The molecule has 0 saturated carbocycles. The third-order valence-electron chi connectivity index (χ3n) is 2.51. The Bertz CT molecular complexity index is 674. The normalized spacial score (nSPS) is 10.7. The first-order valence-corrected chi connectivity index (χ1v) is 5.53. The number of anilines is 2. The van der Waals surface area contributed by atoms with Gasteiger partial charge in [0, 0.05) is 26.7 Å². The van der Waals surface area contributed by atoms with Gasteiger partial charge >= 0.3 is 11.8 Å². The molecule has 2 aromatic heterocycles. The lowest BCUT2D eigenvalue weighted by molar-refractivity contribution is 0.201. The molecule has 0 aromatic carbocycles. The van der Waals surface area contributed by atoms with E-state index in [2.05, 4.69) is 9.97 Å². The largest absolute Gasteiger partial charge is 0.465 e. The molecule has 1 N–H and O–H groups in total. The minimum Gasteiger partial charge on any atom is -0.465 e. The molecule has 9 heteroatoms. The molecular formula is C10H13N5O4. The third kappa shape index (κ3) is 2.21. The molecule has 0 aliphatic rings. The second-order valence-corrected chi connectivity index (χ2v) is 3.96. The number of hydrogen-bond donors (Lipinski definition) is 1. The molecule has 0 bridgehead atoms. The van der Waals surface area contributed by atoms with Gasteiger partial charge in [0.25, 0.3) is 5.78 Å². The standard InChI is InChI=1S/C10H13N5O4/c1-4-14(10(17)18)7-5-6(13(2)3)11-8-12-9(16)19-15(7)8/h5H,4H2,1-3H3,(H,17,18). The lowest BCUT2D eigenvalue weighted by Gasteiger charge is -2.19. The van der Waals surface area contributed by atoms with Crippen LogP contribution in [0.1, 0.15) is 6.92 Å². The number of hydrogen-bond acceptors (Lipinski definition) is 6. The topological polar surface area (TPSA) is 104 Å². The van der Waals surface area contributed by atoms with E-state index in [1.807, 2.05) is 0 Å². The van der Waals surface area contributed by atoms with Gasteiger partial charge in [-0.05, 0) is 6.92 Å². The highest BCUT2D eigenvalue weighted by Crippen LogP contribution is 2.20. The van der Waals surface area contributed by atoms with Gasteiger partial charge in [-0.25, -0.2) is 9.59 Å². The van der Waals surface area contributed by atoms with E-state index in [0.717, 1.165) is 9.47 Å². The Morgan fingerprint density at radius 2 is 2.16 bits per heavy atom. The molecule has 0 spiro atoms. The summed E-state index contributed by atoms with van der Waals surface area (Å²) >= 11 is 0. The van der Waals surface area contributed by atoms with Crippen molar-refractivity contribution in [3.05, 3.63) is 16.6 Å². The minimum atomic E-state index is -1.16. The molecule has 2 rings (SSSR count). The van der Waals surface area contributed by atoms with E-state index in [4.69, 9.17) is 9.63 Å². The van der Waals surface area contributed by atoms with Crippen molar-refractivity contribution in [3.8, 4) is 0 Å². The molecule has 0 aliphatic heterocycles. The Morgan fingerprint density at radius 1 is 1.47 bits per heavy atom. The monoisotopic (exact) mass is 267 g/mol. The minimum absolute atomic E-state index is 0.0194. The molecular weight excluding hydrogens is 254 g/mol. The molecule has 0 atom stereocenters. The molecule has 1 amide bonds. The van der Waals surface area contributed by atoms with E-state index in [-0.39, 0.29) is 18.1 Å². The summed E-state index contributed by atoms with van der Waals surface area (Å²) in [4.78, 5) is 32.8. The van der Waals surface area contributed by atoms with Crippen LogP contribution in [0.2, 0.25) is 0 Å². The quantitative estimate of drug-likeness (QED) is 0.850. The molecule has 19 heavy (non-hydrogen) atoms. The predicted molar refractivity (Wildman–Crippen MR) is 66.9 cm³/mol. The molecule has 0 saturated heterocycles. The van der Waals surface area contributed by atoms with Crippen molar-refractivity contribution >= 4 is 23.5 Å². The molecule has 0 aliphatic carbocycles. The van der Waals surface area contributed by atoms with E-state index in [0.29, 0.717) is 5.82 Å². The van der Waals surface area contributed by atoms with Gasteiger partial charge in [-0.3, -0.25) is 4.90 Å². The van der Waals surface area contributed by atoms with Gasteiger partial charge in [0.2, 0.25) is 0 Å². The number of fused-ring (bicyclic) bond motifs is 1. The van der Waals surface area contributed by atoms with Crippen LogP contribution in [-0.2, 0) is 0 Å². The van der Waals surface area contributed by atoms with Gasteiger partial charge in [-0.1, -0.05) is 0 Å². The molecule has 0 radical (unpaired) electrons. The first-order chi connectivity index (χ1) is 8.93. The van der Waals surface area contributed by atoms with Crippen LogP contribution in [0.5, 0.6) is 0 Å². The summed E-state index contributed by atoms with van der Waals surface area (Å²) in [7, 11) is 3.50. The second-order valence-electron chi connectivity index (χ2n) is 3.96. The summed E-state index contributed by atoms with van der Waals surface area (Å²) in [6, 6.07) is 1.51. The molecule has 0 fully saturated rings. The lowest BCUT2D eigenvalue weighted by Crippen LogP contribution is -2.31. The highest BCUT2D eigenvalue weighted by atomic mass is 16.5. The second kappa shape index (κ2) is 4.59. The van der Waals surface area contributed by atoms with E-state index in [1.165, 1.54) is 6.07 Å². The fraction of sp³-hybridized carbons (Fsp3) is 0.400. The molecule has 0 unspecified atom stereocenters. The van der Waals surface area contributed by atoms with Crippen molar-refractivity contribution < 1.29 is 14.4 Å². The Hall–Kier alpha value is -2.58. The van der Waals surface area contributed by atoms with E-state index in [1.54, 1.807) is 25.9 Å². The molecule has 2 heterocycles. The number of aromatic nitrogens is 3. The molecule has 2 aromatic rings. The summed E-state index contributed by atoms with van der Waals surface area (Å²) < 4.78 is 5.84. The van der Waals surface area contributed by atoms with E-state index < -0.39 is 11.8 Å². The summed E-state index contributed by atoms with van der Waals surface area (Å²) in [6.07, 6.45) is -1.16. The van der Waals surface area contributed by atoms with Gasteiger partial charge < -0.3 is 14.5 Å². The smallest absolute Gasteiger partial charge is 0.461 e. The average molecular weight is 267 g/mol. The fourth-order valence-electron chi connectivity index (χ4n) is 1.61. The molecule has 9 nitrogen and oxygen atoms in total. The van der Waals surface area contributed by atoms with Crippen LogP contribution in [0, 0.1) is 0 Å². The van der Waals surface area contributed by atoms with E-state index in [9.17, 15) is 9.59 Å². The maximum absolute atomic E-state index is 11.2. The van der Waals surface area contributed by atoms with Crippen LogP contribution in [0.4, 0.5) is 16.4 Å². The Balaban J connectivity index is 2.75. The number of carbonyl (C=O) groups is 1. The zero-order chi connectivity index (χ0) is 14.2. The van der Waals surface area contributed by atoms with Crippen molar-refractivity contribution in [3.63, 3.8) is 0 Å². The Kier molecular flexibility index (Phi) is 3.11. The summed E-state index contributed by atoms with van der Waals surface area (Å²) in [5.41, 5.74) is 0. The van der Waals surface area contributed by atoms with E-state index >= 15 is 0 Å².